The van der Waals surface area contributed by atoms with Crippen molar-refractivity contribution in [3.8, 4) is 0 Å². The topological polar surface area (TPSA) is 24.9 Å². The standard InChI is InChI=1S/C14H15BrN2/c1-9-6-8-17-13(9)11-4-5-12(15)10-3-2-7-16-14(10)11/h2-5,7,9,13,17H,6,8H2,1H3. The van der Waals surface area contributed by atoms with Crippen LogP contribution in [0.4, 0.5) is 0 Å². The molecule has 1 aromatic carbocycles. The van der Waals surface area contributed by atoms with Gasteiger partial charge in [-0.05, 0) is 36.6 Å². The van der Waals surface area contributed by atoms with Gasteiger partial charge in [0.25, 0.3) is 0 Å². The van der Waals surface area contributed by atoms with Crippen LogP contribution in [-0.4, -0.2) is 11.5 Å². The van der Waals surface area contributed by atoms with E-state index in [4.69, 9.17) is 0 Å². The molecule has 2 unspecified atom stereocenters. The largest absolute Gasteiger partial charge is 0.310 e. The summed E-state index contributed by atoms with van der Waals surface area (Å²) < 4.78 is 1.12. The Kier molecular flexibility index (Phi) is 2.89. The first-order valence-electron chi connectivity index (χ1n) is 6.04. The molecule has 2 heterocycles. The van der Waals surface area contributed by atoms with E-state index < -0.39 is 0 Å². The number of nitrogens with one attached hydrogen (secondary N) is 1. The highest BCUT2D eigenvalue weighted by atomic mass is 79.9. The summed E-state index contributed by atoms with van der Waals surface area (Å²) in [6.45, 7) is 3.41. The fourth-order valence-corrected chi connectivity index (χ4v) is 3.11. The summed E-state index contributed by atoms with van der Waals surface area (Å²) in [5, 5.41) is 4.78. The quantitative estimate of drug-likeness (QED) is 0.867. The van der Waals surface area contributed by atoms with Gasteiger partial charge in [-0.2, -0.15) is 0 Å². The van der Waals surface area contributed by atoms with Gasteiger partial charge >= 0.3 is 0 Å². The highest BCUT2D eigenvalue weighted by Crippen LogP contribution is 2.35. The van der Waals surface area contributed by atoms with E-state index in [1.165, 1.54) is 17.4 Å². The van der Waals surface area contributed by atoms with Crippen LogP contribution in [0, 0.1) is 5.92 Å². The van der Waals surface area contributed by atoms with E-state index in [2.05, 4.69) is 51.4 Å². The molecule has 2 aromatic rings. The Morgan fingerprint density at radius 2 is 2.24 bits per heavy atom. The molecule has 1 aliphatic heterocycles. The molecule has 1 N–H and O–H groups in total. The van der Waals surface area contributed by atoms with Crippen molar-refractivity contribution in [3.63, 3.8) is 0 Å². The van der Waals surface area contributed by atoms with Crippen molar-refractivity contribution in [3.05, 3.63) is 40.5 Å². The van der Waals surface area contributed by atoms with Gasteiger partial charge < -0.3 is 5.32 Å². The summed E-state index contributed by atoms with van der Waals surface area (Å²) in [5.41, 5.74) is 2.45. The summed E-state index contributed by atoms with van der Waals surface area (Å²) in [5.74, 6) is 0.682. The second-order valence-corrected chi connectivity index (χ2v) is 5.59. The summed E-state index contributed by atoms with van der Waals surface area (Å²) in [6, 6.07) is 8.88. The van der Waals surface area contributed by atoms with Crippen molar-refractivity contribution in [1.29, 1.82) is 0 Å². The van der Waals surface area contributed by atoms with Gasteiger partial charge in [-0.3, -0.25) is 4.98 Å². The third-order valence-corrected chi connectivity index (χ3v) is 4.31. The van der Waals surface area contributed by atoms with Gasteiger partial charge in [0.15, 0.2) is 0 Å². The fraction of sp³-hybridized carbons (Fsp3) is 0.357. The maximum atomic E-state index is 4.55. The van der Waals surface area contributed by atoms with E-state index in [1.54, 1.807) is 0 Å². The number of hydrogen-bond donors (Lipinski definition) is 1. The van der Waals surface area contributed by atoms with Crippen molar-refractivity contribution in [1.82, 2.24) is 10.3 Å². The summed E-state index contributed by atoms with van der Waals surface area (Å²) in [4.78, 5) is 4.55. The fourth-order valence-electron chi connectivity index (χ4n) is 2.66. The van der Waals surface area contributed by atoms with Crippen molar-refractivity contribution in [2.75, 3.05) is 6.54 Å². The van der Waals surface area contributed by atoms with Crippen LogP contribution in [0.2, 0.25) is 0 Å². The van der Waals surface area contributed by atoms with Crippen LogP contribution in [0.3, 0.4) is 0 Å². The predicted octanol–water partition coefficient (Wildman–Crippen LogP) is 3.67. The molecule has 0 amide bonds. The second kappa shape index (κ2) is 4.39. The van der Waals surface area contributed by atoms with Crippen LogP contribution in [0.15, 0.2) is 34.9 Å². The maximum Gasteiger partial charge on any atom is 0.0761 e. The molecular formula is C14H15BrN2. The molecule has 0 spiro atoms. The van der Waals surface area contributed by atoms with Gasteiger partial charge in [0.2, 0.25) is 0 Å². The number of nitrogens with zero attached hydrogens (tertiary/aromatic N) is 1. The van der Waals surface area contributed by atoms with Crippen LogP contribution >= 0.6 is 15.9 Å². The first kappa shape index (κ1) is 11.2. The van der Waals surface area contributed by atoms with Crippen LogP contribution < -0.4 is 5.32 Å². The highest BCUT2D eigenvalue weighted by Gasteiger charge is 2.26. The minimum atomic E-state index is 0.445. The van der Waals surface area contributed by atoms with Gasteiger partial charge in [0.1, 0.15) is 0 Å². The minimum absolute atomic E-state index is 0.445. The van der Waals surface area contributed by atoms with Crippen molar-refractivity contribution in [2.45, 2.75) is 19.4 Å². The lowest BCUT2D eigenvalue weighted by Crippen LogP contribution is -2.17. The Morgan fingerprint density at radius 1 is 1.35 bits per heavy atom. The van der Waals surface area contributed by atoms with Gasteiger partial charge in [-0.1, -0.05) is 35.0 Å². The third kappa shape index (κ3) is 1.87. The van der Waals surface area contributed by atoms with Crippen LogP contribution in [0.5, 0.6) is 0 Å². The van der Waals surface area contributed by atoms with Gasteiger partial charge in [-0.25, -0.2) is 0 Å². The molecule has 1 saturated heterocycles. The molecule has 17 heavy (non-hydrogen) atoms. The Hall–Kier alpha value is -0.930. The predicted molar refractivity (Wildman–Crippen MR) is 74.0 cm³/mol. The molecule has 88 valence electrons. The van der Waals surface area contributed by atoms with E-state index in [9.17, 15) is 0 Å². The molecule has 2 nitrogen and oxygen atoms in total. The maximum absolute atomic E-state index is 4.55. The molecule has 1 aromatic heterocycles. The molecule has 2 atom stereocenters. The molecule has 1 aliphatic rings. The van der Waals surface area contributed by atoms with Crippen LogP contribution in [-0.2, 0) is 0 Å². The molecule has 0 radical (unpaired) electrons. The van der Waals surface area contributed by atoms with Crippen molar-refractivity contribution in [2.24, 2.45) is 5.92 Å². The van der Waals surface area contributed by atoms with Crippen LogP contribution in [0.1, 0.15) is 24.9 Å². The smallest absolute Gasteiger partial charge is 0.0761 e. The summed E-state index contributed by atoms with van der Waals surface area (Å²) in [7, 11) is 0. The SMILES string of the molecule is CC1CCNC1c1ccc(Br)c2cccnc12. The Labute approximate surface area is 110 Å². The average molecular weight is 291 g/mol. The van der Waals surface area contributed by atoms with E-state index in [-0.39, 0.29) is 0 Å². The van der Waals surface area contributed by atoms with Crippen LogP contribution in [0.25, 0.3) is 10.9 Å². The second-order valence-electron chi connectivity index (χ2n) is 4.73. The molecule has 3 heteroatoms. The first-order chi connectivity index (χ1) is 8.27. The molecule has 1 fully saturated rings. The lowest BCUT2D eigenvalue weighted by atomic mass is 9.94. The van der Waals surface area contributed by atoms with Gasteiger partial charge in [0.05, 0.1) is 5.52 Å². The zero-order valence-corrected chi connectivity index (χ0v) is 11.4. The van der Waals surface area contributed by atoms with Gasteiger partial charge in [-0.15, -0.1) is 0 Å². The molecule has 0 bridgehead atoms. The zero-order chi connectivity index (χ0) is 11.8. The molecule has 3 rings (SSSR count). The normalized spacial score (nSPS) is 24.4. The summed E-state index contributed by atoms with van der Waals surface area (Å²) in [6.07, 6.45) is 3.12. The number of halogens is 1. The number of benzene rings is 1. The average Bonchev–Trinajstić information content (AvgIpc) is 2.77. The number of aromatic nitrogens is 1. The first-order valence-corrected chi connectivity index (χ1v) is 6.83. The van der Waals surface area contributed by atoms with Gasteiger partial charge in [0, 0.05) is 22.1 Å². The van der Waals surface area contributed by atoms with E-state index in [1.807, 2.05) is 12.3 Å². The Bertz CT molecular complexity index is 553. The minimum Gasteiger partial charge on any atom is -0.310 e. The van der Waals surface area contributed by atoms with Crippen molar-refractivity contribution < 1.29 is 0 Å². The summed E-state index contributed by atoms with van der Waals surface area (Å²) >= 11 is 3.59. The lowest BCUT2D eigenvalue weighted by molar-refractivity contribution is 0.506. The van der Waals surface area contributed by atoms with Crippen molar-refractivity contribution >= 4 is 26.8 Å². The highest BCUT2D eigenvalue weighted by molar-refractivity contribution is 9.10. The molecular weight excluding hydrogens is 276 g/mol. The molecule has 0 saturated carbocycles. The lowest BCUT2D eigenvalue weighted by Gasteiger charge is -2.18. The number of rotatable bonds is 1. The monoisotopic (exact) mass is 290 g/mol. The number of hydrogen-bond acceptors (Lipinski definition) is 2. The third-order valence-electron chi connectivity index (χ3n) is 3.62. The van der Waals surface area contributed by atoms with E-state index >= 15 is 0 Å². The van der Waals surface area contributed by atoms with E-state index in [0.29, 0.717) is 12.0 Å². The zero-order valence-electron chi connectivity index (χ0n) is 9.78. The Morgan fingerprint density at radius 3 is 3.00 bits per heavy atom. The number of fused-ring (bicyclic) bond motifs is 1. The Balaban J connectivity index is 2.20. The van der Waals surface area contributed by atoms with E-state index in [0.717, 1.165) is 16.5 Å². The number of pyridine rings is 1. The molecule has 0 aliphatic carbocycles.